The van der Waals surface area contributed by atoms with Crippen LogP contribution < -0.4 is 4.74 Å². The van der Waals surface area contributed by atoms with Crippen LogP contribution in [0, 0.1) is 6.92 Å². The molecule has 1 N–H and O–H groups in total. The van der Waals surface area contributed by atoms with E-state index < -0.39 is 0 Å². The third-order valence-corrected chi connectivity index (χ3v) is 1.85. The number of nitrogens with zero attached hydrogens (tertiary/aromatic N) is 2. The second kappa shape index (κ2) is 3.58. The van der Waals surface area contributed by atoms with Crippen LogP contribution in [0.1, 0.15) is 18.2 Å². The van der Waals surface area contributed by atoms with Gasteiger partial charge in [0, 0.05) is 6.54 Å². The number of rotatable bonds is 3. The van der Waals surface area contributed by atoms with Crippen molar-refractivity contribution in [1.29, 1.82) is 0 Å². The molecule has 0 spiro atoms. The summed E-state index contributed by atoms with van der Waals surface area (Å²) < 4.78 is 6.86. The van der Waals surface area contributed by atoms with Crippen molar-refractivity contribution in [1.82, 2.24) is 9.78 Å². The van der Waals surface area contributed by atoms with Gasteiger partial charge in [-0.25, -0.2) is 4.68 Å². The summed E-state index contributed by atoms with van der Waals surface area (Å²) in [4.78, 5) is 0. The molecule has 4 heteroatoms. The SMILES string of the molecule is CCn1nc(C)c(CO)c1OC. The van der Waals surface area contributed by atoms with Crippen LogP contribution in [0.25, 0.3) is 0 Å². The molecule has 0 fully saturated rings. The number of methoxy groups -OCH3 is 1. The largest absolute Gasteiger partial charge is 0.481 e. The molecule has 0 aromatic carbocycles. The Kier molecular flexibility index (Phi) is 2.70. The van der Waals surface area contributed by atoms with Crippen molar-refractivity contribution >= 4 is 0 Å². The number of hydrogen-bond donors (Lipinski definition) is 1. The van der Waals surface area contributed by atoms with E-state index in [0.717, 1.165) is 17.8 Å². The highest BCUT2D eigenvalue weighted by atomic mass is 16.5. The van der Waals surface area contributed by atoms with Crippen LogP contribution in [0.2, 0.25) is 0 Å². The molecule has 4 nitrogen and oxygen atoms in total. The molecule has 0 atom stereocenters. The van der Waals surface area contributed by atoms with E-state index in [9.17, 15) is 0 Å². The van der Waals surface area contributed by atoms with E-state index in [1.165, 1.54) is 0 Å². The summed E-state index contributed by atoms with van der Waals surface area (Å²) in [6, 6.07) is 0. The van der Waals surface area contributed by atoms with Crippen molar-refractivity contribution < 1.29 is 9.84 Å². The van der Waals surface area contributed by atoms with Gasteiger partial charge < -0.3 is 9.84 Å². The van der Waals surface area contributed by atoms with Crippen LogP contribution in [-0.4, -0.2) is 22.0 Å². The highest BCUT2D eigenvalue weighted by Crippen LogP contribution is 2.21. The number of aliphatic hydroxyl groups is 1. The second-order valence-corrected chi connectivity index (χ2v) is 2.55. The predicted octanol–water partition coefficient (Wildman–Crippen LogP) is 0.712. The summed E-state index contributed by atoms with van der Waals surface area (Å²) in [5.41, 5.74) is 1.61. The van der Waals surface area contributed by atoms with E-state index in [4.69, 9.17) is 9.84 Å². The molecule has 68 valence electrons. The quantitative estimate of drug-likeness (QED) is 0.726. The van der Waals surface area contributed by atoms with Gasteiger partial charge in [-0.15, -0.1) is 0 Å². The molecule has 0 saturated carbocycles. The molecule has 12 heavy (non-hydrogen) atoms. The molecular formula is C8H14N2O2. The molecule has 0 bridgehead atoms. The zero-order valence-corrected chi connectivity index (χ0v) is 7.66. The van der Waals surface area contributed by atoms with Crippen LogP contribution >= 0.6 is 0 Å². The van der Waals surface area contributed by atoms with Crippen molar-refractivity contribution in [2.24, 2.45) is 0 Å². The van der Waals surface area contributed by atoms with E-state index >= 15 is 0 Å². The molecular weight excluding hydrogens is 156 g/mol. The first-order chi connectivity index (χ1) is 5.74. The van der Waals surface area contributed by atoms with E-state index in [0.29, 0.717) is 5.88 Å². The van der Waals surface area contributed by atoms with E-state index in [1.807, 2.05) is 13.8 Å². The van der Waals surface area contributed by atoms with Crippen LogP contribution in [0.15, 0.2) is 0 Å². The first kappa shape index (κ1) is 9.06. The zero-order valence-electron chi connectivity index (χ0n) is 7.66. The summed E-state index contributed by atoms with van der Waals surface area (Å²) in [6.45, 7) is 4.58. The lowest BCUT2D eigenvalue weighted by atomic mass is 10.3. The predicted molar refractivity (Wildman–Crippen MR) is 45.1 cm³/mol. The van der Waals surface area contributed by atoms with E-state index in [1.54, 1.807) is 11.8 Å². The molecule has 0 amide bonds. The molecule has 1 aromatic rings. The van der Waals surface area contributed by atoms with Crippen molar-refractivity contribution in [3.05, 3.63) is 11.3 Å². The Morgan fingerprint density at radius 1 is 1.58 bits per heavy atom. The average Bonchev–Trinajstić information content (AvgIpc) is 2.40. The van der Waals surface area contributed by atoms with E-state index in [-0.39, 0.29) is 6.61 Å². The maximum Gasteiger partial charge on any atom is 0.217 e. The molecule has 0 aliphatic carbocycles. The number of aliphatic hydroxyl groups excluding tert-OH is 1. The first-order valence-corrected chi connectivity index (χ1v) is 3.95. The minimum Gasteiger partial charge on any atom is -0.481 e. The van der Waals surface area contributed by atoms with Crippen molar-refractivity contribution in [3.8, 4) is 5.88 Å². The van der Waals surface area contributed by atoms with Gasteiger partial charge in [0.05, 0.1) is 25.0 Å². The van der Waals surface area contributed by atoms with Crippen LogP contribution in [0.4, 0.5) is 0 Å². The van der Waals surface area contributed by atoms with Crippen LogP contribution in [0.5, 0.6) is 5.88 Å². The standard InChI is InChI=1S/C8H14N2O2/c1-4-10-8(12-3)7(5-11)6(2)9-10/h11H,4-5H2,1-3H3. The fourth-order valence-corrected chi connectivity index (χ4v) is 1.22. The highest BCUT2D eigenvalue weighted by molar-refractivity contribution is 5.30. The van der Waals surface area contributed by atoms with Gasteiger partial charge in [-0.2, -0.15) is 5.10 Å². The number of hydrogen-bond acceptors (Lipinski definition) is 3. The molecule has 1 aromatic heterocycles. The lowest BCUT2D eigenvalue weighted by molar-refractivity contribution is 0.270. The molecule has 0 aliphatic rings. The lowest BCUT2D eigenvalue weighted by Crippen LogP contribution is -2.00. The van der Waals surface area contributed by atoms with E-state index in [2.05, 4.69) is 5.10 Å². The second-order valence-electron chi connectivity index (χ2n) is 2.55. The highest BCUT2D eigenvalue weighted by Gasteiger charge is 2.13. The molecule has 0 aliphatic heterocycles. The third-order valence-electron chi connectivity index (χ3n) is 1.85. The van der Waals surface area contributed by atoms with Gasteiger partial charge >= 0.3 is 0 Å². The Labute approximate surface area is 71.8 Å². The summed E-state index contributed by atoms with van der Waals surface area (Å²) in [7, 11) is 1.59. The van der Waals surface area contributed by atoms with Gasteiger partial charge in [0.25, 0.3) is 0 Å². The third kappa shape index (κ3) is 1.30. The molecule has 1 rings (SSSR count). The fourth-order valence-electron chi connectivity index (χ4n) is 1.22. The summed E-state index contributed by atoms with van der Waals surface area (Å²) in [5.74, 6) is 0.664. The van der Waals surface area contributed by atoms with Gasteiger partial charge in [0.2, 0.25) is 5.88 Å². The minimum absolute atomic E-state index is 0.0188. The monoisotopic (exact) mass is 170 g/mol. The van der Waals surface area contributed by atoms with Crippen molar-refractivity contribution in [3.63, 3.8) is 0 Å². The maximum atomic E-state index is 9.01. The normalized spacial score (nSPS) is 10.3. The van der Waals surface area contributed by atoms with Crippen molar-refractivity contribution in [2.45, 2.75) is 27.0 Å². The Morgan fingerprint density at radius 2 is 2.25 bits per heavy atom. The van der Waals surface area contributed by atoms with Gasteiger partial charge in [-0.3, -0.25) is 0 Å². The zero-order chi connectivity index (χ0) is 9.14. The number of aryl methyl sites for hydroxylation is 2. The van der Waals surface area contributed by atoms with Crippen molar-refractivity contribution in [2.75, 3.05) is 7.11 Å². The smallest absolute Gasteiger partial charge is 0.217 e. The summed E-state index contributed by atoms with van der Waals surface area (Å²) in [5, 5.41) is 13.2. The lowest BCUT2D eigenvalue weighted by Gasteiger charge is -2.03. The van der Waals surface area contributed by atoms with Gasteiger partial charge in [-0.05, 0) is 13.8 Å². The van der Waals surface area contributed by atoms with Crippen LogP contribution in [0.3, 0.4) is 0 Å². The van der Waals surface area contributed by atoms with Gasteiger partial charge in [0.15, 0.2) is 0 Å². The average molecular weight is 170 g/mol. The number of ether oxygens (including phenoxy) is 1. The topological polar surface area (TPSA) is 47.3 Å². The Bertz CT molecular complexity index is 268. The number of aromatic nitrogens is 2. The van der Waals surface area contributed by atoms with Crippen LogP contribution in [-0.2, 0) is 13.2 Å². The summed E-state index contributed by atoms with van der Waals surface area (Å²) >= 11 is 0. The fraction of sp³-hybridized carbons (Fsp3) is 0.625. The molecule has 0 saturated heterocycles. The molecule has 0 unspecified atom stereocenters. The van der Waals surface area contributed by atoms with Gasteiger partial charge in [0.1, 0.15) is 0 Å². The summed E-state index contributed by atoms with van der Waals surface area (Å²) in [6.07, 6.45) is 0. The Morgan fingerprint density at radius 3 is 2.67 bits per heavy atom. The van der Waals surface area contributed by atoms with Gasteiger partial charge in [-0.1, -0.05) is 0 Å². The maximum absolute atomic E-state index is 9.01. The Hall–Kier alpha value is -1.03. The first-order valence-electron chi connectivity index (χ1n) is 3.95. The molecule has 0 radical (unpaired) electrons. The molecule has 1 heterocycles. The minimum atomic E-state index is -0.0188. The Balaban J connectivity index is 3.16.